The van der Waals surface area contributed by atoms with Gasteiger partial charge in [0.2, 0.25) is 11.8 Å². The Morgan fingerprint density at radius 3 is 2.86 bits per heavy atom. The van der Waals surface area contributed by atoms with Crippen LogP contribution in [0.4, 0.5) is 11.6 Å². The van der Waals surface area contributed by atoms with E-state index in [1.165, 1.54) is 11.8 Å². The molecular formula is C14H16BrN3O2S. The van der Waals surface area contributed by atoms with Crippen molar-refractivity contribution in [2.75, 3.05) is 16.8 Å². The maximum absolute atomic E-state index is 11.9. The molecule has 0 atom stereocenters. The summed E-state index contributed by atoms with van der Waals surface area (Å²) in [6.45, 7) is 4.02. The van der Waals surface area contributed by atoms with Gasteiger partial charge in [-0.25, -0.2) is 0 Å². The molecule has 0 spiro atoms. The zero-order chi connectivity index (χ0) is 15.4. The Bertz CT molecular complexity index is 643. The molecule has 5 nitrogen and oxygen atoms in total. The average molecular weight is 370 g/mol. The third-order valence-electron chi connectivity index (χ3n) is 2.70. The summed E-state index contributed by atoms with van der Waals surface area (Å²) >= 11 is 4.84. The molecule has 1 aromatic carbocycles. The number of benzene rings is 1. The maximum atomic E-state index is 11.9. The van der Waals surface area contributed by atoms with Crippen molar-refractivity contribution >= 4 is 45.2 Å². The third-order valence-corrected chi connectivity index (χ3v) is 4.69. The van der Waals surface area contributed by atoms with Crippen molar-refractivity contribution in [1.82, 2.24) is 5.16 Å². The number of carbonyl (C=O) groups is 1. The number of halogens is 1. The Hall–Kier alpha value is -1.47. The first-order valence-corrected chi connectivity index (χ1v) is 8.18. The van der Waals surface area contributed by atoms with Gasteiger partial charge in [0.15, 0.2) is 0 Å². The van der Waals surface area contributed by atoms with E-state index in [-0.39, 0.29) is 17.6 Å². The lowest BCUT2D eigenvalue weighted by Gasteiger charge is -2.05. The van der Waals surface area contributed by atoms with Crippen LogP contribution in [0.3, 0.4) is 0 Å². The van der Waals surface area contributed by atoms with E-state index < -0.39 is 0 Å². The standard InChI is InChI=1S/C14H16BrN3O2S/c1-8(2)11-6-14(20-18-11)17-13(19)7-21-12-4-3-9(16)5-10(12)15/h3-6,8H,7,16H2,1-2H3,(H,17,19). The van der Waals surface area contributed by atoms with Gasteiger partial charge in [-0.2, -0.15) is 0 Å². The van der Waals surface area contributed by atoms with Crippen molar-refractivity contribution in [1.29, 1.82) is 0 Å². The van der Waals surface area contributed by atoms with E-state index in [4.69, 9.17) is 10.3 Å². The number of anilines is 2. The second-order valence-electron chi connectivity index (χ2n) is 4.80. The van der Waals surface area contributed by atoms with Gasteiger partial charge < -0.3 is 10.3 Å². The molecular weight excluding hydrogens is 354 g/mol. The van der Waals surface area contributed by atoms with Crippen LogP contribution < -0.4 is 11.1 Å². The van der Waals surface area contributed by atoms with Crippen LogP contribution in [0.15, 0.2) is 38.2 Å². The molecule has 21 heavy (non-hydrogen) atoms. The Morgan fingerprint density at radius 2 is 2.24 bits per heavy atom. The average Bonchev–Trinajstić information content (AvgIpc) is 2.86. The van der Waals surface area contributed by atoms with Gasteiger partial charge in [0, 0.05) is 21.1 Å². The number of rotatable bonds is 5. The molecule has 0 radical (unpaired) electrons. The summed E-state index contributed by atoms with van der Waals surface area (Å²) < 4.78 is 5.95. The summed E-state index contributed by atoms with van der Waals surface area (Å²) in [7, 11) is 0. The topological polar surface area (TPSA) is 81.2 Å². The van der Waals surface area contributed by atoms with E-state index >= 15 is 0 Å². The number of aromatic nitrogens is 1. The SMILES string of the molecule is CC(C)c1cc(NC(=O)CSc2ccc(N)cc2Br)on1. The number of carbonyl (C=O) groups excluding carboxylic acids is 1. The number of amides is 1. The molecule has 1 amide bonds. The quantitative estimate of drug-likeness (QED) is 0.617. The number of nitrogens with two attached hydrogens (primary N) is 1. The van der Waals surface area contributed by atoms with Gasteiger partial charge in [-0.05, 0) is 40.0 Å². The van der Waals surface area contributed by atoms with Gasteiger partial charge in [-0.15, -0.1) is 11.8 Å². The predicted molar refractivity (Wildman–Crippen MR) is 88.5 cm³/mol. The lowest BCUT2D eigenvalue weighted by molar-refractivity contribution is -0.113. The fourth-order valence-electron chi connectivity index (χ4n) is 1.57. The number of hydrogen-bond acceptors (Lipinski definition) is 5. The molecule has 3 N–H and O–H groups in total. The molecule has 112 valence electrons. The summed E-state index contributed by atoms with van der Waals surface area (Å²) in [4.78, 5) is 12.8. The Balaban J connectivity index is 1.89. The molecule has 2 aromatic rings. The normalized spacial score (nSPS) is 10.9. The van der Waals surface area contributed by atoms with Gasteiger partial charge in [0.05, 0.1) is 11.4 Å². The van der Waals surface area contributed by atoms with Crippen LogP contribution in [0.2, 0.25) is 0 Å². The first kappa shape index (κ1) is 15.9. The number of hydrogen-bond donors (Lipinski definition) is 2. The number of nitrogen functional groups attached to an aromatic ring is 1. The minimum atomic E-state index is -0.143. The summed E-state index contributed by atoms with van der Waals surface area (Å²) in [5.74, 6) is 0.774. The molecule has 0 bridgehead atoms. The molecule has 0 saturated heterocycles. The molecule has 0 saturated carbocycles. The van der Waals surface area contributed by atoms with Crippen LogP contribution in [0.25, 0.3) is 0 Å². The first-order valence-electron chi connectivity index (χ1n) is 6.40. The molecule has 0 unspecified atom stereocenters. The highest BCUT2D eigenvalue weighted by molar-refractivity contribution is 9.10. The van der Waals surface area contributed by atoms with Crippen molar-refractivity contribution in [2.45, 2.75) is 24.7 Å². The summed E-state index contributed by atoms with van der Waals surface area (Å²) in [6.07, 6.45) is 0. The fourth-order valence-corrected chi connectivity index (χ4v) is 3.03. The van der Waals surface area contributed by atoms with E-state index in [9.17, 15) is 4.79 Å². The van der Waals surface area contributed by atoms with E-state index in [1.807, 2.05) is 26.0 Å². The maximum Gasteiger partial charge on any atom is 0.237 e. The molecule has 0 aliphatic rings. The highest BCUT2D eigenvalue weighted by atomic mass is 79.9. The Morgan fingerprint density at radius 1 is 1.48 bits per heavy atom. The van der Waals surface area contributed by atoms with Crippen molar-refractivity contribution in [3.63, 3.8) is 0 Å². The monoisotopic (exact) mass is 369 g/mol. The highest BCUT2D eigenvalue weighted by Gasteiger charge is 2.11. The van der Waals surface area contributed by atoms with E-state index in [2.05, 4.69) is 26.4 Å². The van der Waals surface area contributed by atoms with Crippen LogP contribution in [0, 0.1) is 0 Å². The van der Waals surface area contributed by atoms with Crippen molar-refractivity contribution in [3.05, 3.63) is 34.4 Å². The third kappa shape index (κ3) is 4.50. The van der Waals surface area contributed by atoms with E-state index in [0.717, 1.165) is 15.1 Å². The van der Waals surface area contributed by atoms with Crippen LogP contribution in [-0.2, 0) is 4.79 Å². The van der Waals surface area contributed by atoms with Crippen LogP contribution in [0.1, 0.15) is 25.5 Å². The van der Waals surface area contributed by atoms with Gasteiger partial charge in [-0.1, -0.05) is 19.0 Å². The summed E-state index contributed by atoms with van der Waals surface area (Å²) in [6, 6.07) is 7.23. The molecule has 1 aromatic heterocycles. The van der Waals surface area contributed by atoms with Crippen LogP contribution in [0.5, 0.6) is 0 Å². The first-order chi connectivity index (χ1) is 9.95. The molecule has 0 aliphatic heterocycles. The zero-order valence-corrected chi connectivity index (χ0v) is 14.1. The zero-order valence-electron chi connectivity index (χ0n) is 11.7. The van der Waals surface area contributed by atoms with E-state index in [0.29, 0.717) is 11.6 Å². The lowest BCUT2D eigenvalue weighted by Crippen LogP contribution is -2.13. The summed E-state index contributed by atoms with van der Waals surface area (Å²) in [5.41, 5.74) is 7.17. The highest BCUT2D eigenvalue weighted by Crippen LogP contribution is 2.29. The minimum Gasteiger partial charge on any atom is -0.399 e. The van der Waals surface area contributed by atoms with E-state index in [1.54, 1.807) is 12.1 Å². The number of nitrogens with one attached hydrogen (secondary N) is 1. The van der Waals surface area contributed by atoms with Crippen molar-refractivity contribution in [3.8, 4) is 0 Å². The fraction of sp³-hybridized carbons (Fsp3) is 0.286. The number of nitrogens with zero attached hydrogens (tertiary/aromatic N) is 1. The molecule has 0 fully saturated rings. The van der Waals surface area contributed by atoms with Crippen molar-refractivity contribution < 1.29 is 9.32 Å². The van der Waals surface area contributed by atoms with Gasteiger partial charge in [0.25, 0.3) is 0 Å². The second-order valence-corrected chi connectivity index (χ2v) is 6.67. The second kappa shape index (κ2) is 7.00. The molecule has 2 rings (SSSR count). The number of thioether (sulfide) groups is 1. The molecule has 7 heteroatoms. The predicted octanol–water partition coefficient (Wildman–Crippen LogP) is 3.87. The smallest absolute Gasteiger partial charge is 0.237 e. The minimum absolute atomic E-state index is 0.143. The Kier molecular flexibility index (Phi) is 5.30. The van der Waals surface area contributed by atoms with Crippen LogP contribution in [-0.4, -0.2) is 16.8 Å². The van der Waals surface area contributed by atoms with Gasteiger partial charge >= 0.3 is 0 Å². The Labute approximate surface area is 135 Å². The molecule has 0 aliphatic carbocycles. The van der Waals surface area contributed by atoms with Crippen molar-refractivity contribution in [2.24, 2.45) is 0 Å². The van der Waals surface area contributed by atoms with Gasteiger partial charge in [0.1, 0.15) is 0 Å². The summed E-state index contributed by atoms with van der Waals surface area (Å²) in [5, 5.41) is 6.58. The molecule has 1 heterocycles. The lowest BCUT2D eigenvalue weighted by atomic mass is 10.1. The van der Waals surface area contributed by atoms with Gasteiger partial charge in [-0.3, -0.25) is 10.1 Å². The largest absolute Gasteiger partial charge is 0.399 e. The van der Waals surface area contributed by atoms with Crippen LogP contribution >= 0.6 is 27.7 Å².